The predicted octanol–water partition coefficient (Wildman–Crippen LogP) is 1.58. The van der Waals surface area contributed by atoms with E-state index in [1.165, 1.54) is 6.07 Å². The fraction of sp³-hybridized carbons (Fsp3) is 0.556. The fourth-order valence-corrected chi connectivity index (χ4v) is 2.96. The van der Waals surface area contributed by atoms with Gasteiger partial charge < -0.3 is 20.3 Å². The first kappa shape index (κ1) is 21.6. The predicted molar refractivity (Wildman–Crippen MR) is 99.7 cm³/mol. The zero-order chi connectivity index (χ0) is 20.8. The molecule has 0 bridgehead atoms. The number of ether oxygens (including phenoxy) is 1. The van der Waals surface area contributed by atoms with Crippen molar-refractivity contribution in [3.8, 4) is 5.75 Å². The van der Waals surface area contributed by atoms with Gasteiger partial charge in [0, 0.05) is 32.2 Å². The van der Waals surface area contributed by atoms with E-state index >= 15 is 0 Å². The third kappa shape index (κ3) is 5.64. The van der Waals surface area contributed by atoms with E-state index in [1.807, 2.05) is 13.8 Å². The standard InChI is InChI=1S/C18H25N3O7/c1-11(2)3-6-28-16-7-12(13(17(22)23)8-15(16)21(26)27)9-20-5-4-19-14(10-20)18(24)25/h7-8,11,14,19H,3-6,9-10H2,1-2H3,(H,22,23)(H,24,25). The maximum Gasteiger partial charge on any atom is 0.336 e. The Morgan fingerprint density at radius 1 is 1.39 bits per heavy atom. The number of aromatic carboxylic acids is 1. The highest BCUT2D eigenvalue weighted by Gasteiger charge is 2.28. The third-order valence-corrected chi connectivity index (χ3v) is 4.52. The number of carboxylic acid groups (broad SMARTS) is 2. The van der Waals surface area contributed by atoms with E-state index in [-0.39, 0.29) is 31.0 Å². The van der Waals surface area contributed by atoms with Gasteiger partial charge in [0.2, 0.25) is 0 Å². The van der Waals surface area contributed by atoms with E-state index in [9.17, 15) is 29.9 Å². The van der Waals surface area contributed by atoms with Gasteiger partial charge in [-0.2, -0.15) is 0 Å². The van der Waals surface area contributed by atoms with Gasteiger partial charge in [0.1, 0.15) is 6.04 Å². The summed E-state index contributed by atoms with van der Waals surface area (Å²) < 4.78 is 5.57. The smallest absolute Gasteiger partial charge is 0.336 e. The van der Waals surface area contributed by atoms with E-state index < -0.39 is 28.6 Å². The number of benzene rings is 1. The molecule has 3 N–H and O–H groups in total. The second kappa shape index (κ2) is 9.47. The van der Waals surface area contributed by atoms with Gasteiger partial charge in [0.25, 0.3) is 0 Å². The number of aliphatic carboxylic acids is 1. The summed E-state index contributed by atoms with van der Waals surface area (Å²) in [5.74, 6) is -1.89. The summed E-state index contributed by atoms with van der Waals surface area (Å²) in [7, 11) is 0. The number of nitro benzene ring substituents is 1. The fourth-order valence-electron chi connectivity index (χ4n) is 2.96. The van der Waals surface area contributed by atoms with Crippen LogP contribution in [0.2, 0.25) is 0 Å². The summed E-state index contributed by atoms with van der Waals surface area (Å²) >= 11 is 0. The molecule has 1 fully saturated rings. The number of nitrogens with zero attached hydrogens (tertiary/aromatic N) is 2. The van der Waals surface area contributed by atoms with Gasteiger partial charge in [-0.25, -0.2) is 4.79 Å². The molecule has 10 nitrogen and oxygen atoms in total. The molecule has 1 aliphatic rings. The molecule has 1 heterocycles. The van der Waals surface area contributed by atoms with Crippen molar-refractivity contribution in [1.82, 2.24) is 10.2 Å². The van der Waals surface area contributed by atoms with Crippen LogP contribution in [0.25, 0.3) is 0 Å². The first-order valence-corrected chi connectivity index (χ1v) is 9.05. The summed E-state index contributed by atoms with van der Waals surface area (Å²) in [6.45, 7) is 5.62. The van der Waals surface area contributed by atoms with Crippen LogP contribution in [-0.4, -0.2) is 64.3 Å². The Morgan fingerprint density at radius 2 is 2.11 bits per heavy atom. The molecule has 1 atom stereocenters. The number of hydrogen-bond donors (Lipinski definition) is 3. The van der Waals surface area contributed by atoms with E-state index in [0.717, 1.165) is 6.07 Å². The Labute approximate surface area is 162 Å². The molecule has 0 radical (unpaired) electrons. The lowest BCUT2D eigenvalue weighted by Crippen LogP contribution is -2.53. The number of hydrogen-bond acceptors (Lipinski definition) is 7. The van der Waals surface area contributed by atoms with Crippen molar-refractivity contribution >= 4 is 17.6 Å². The van der Waals surface area contributed by atoms with Crippen LogP contribution < -0.4 is 10.1 Å². The average Bonchev–Trinajstić information content (AvgIpc) is 2.61. The normalized spacial score (nSPS) is 17.5. The Kier molecular flexibility index (Phi) is 7.30. The molecule has 1 aromatic rings. The minimum Gasteiger partial charge on any atom is -0.487 e. The lowest BCUT2D eigenvalue weighted by Gasteiger charge is -2.31. The summed E-state index contributed by atoms with van der Waals surface area (Å²) in [6.07, 6.45) is 0.700. The Bertz CT molecular complexity index is 751. The number of nitrogens with one attached hydrogen (secondary N) is 1. The highest BCUT2D eigenvalue weighted by molar-refractivity contribution is 5.91. The van der Waals surface area contributed by atoms with Gasteiger partial charge >= 0.3 is 17.6 Å². The van der Waals surface area contributed by atoms with Gasteiger partial charge in [-0.3, -0.25) is 19.8 Å². The SMILES string of the molecule is CC(C)CCOc1cc(CN2CCNC(C(=O)O)C2)c(C(=O)O)cc1[N+](=O)[O-]. The van der Waals surface area contributed by atoms with Gasteiger partial charge in [-0.1, -0.05) is 13.8 Å². The summed E-state index contributed by atoms with van der Waals surface area (Å²) in [5, 5.41) is 32.9. The van der Waals surface area contributed by atoms with Crippen LogP contribution in [-0.2, 0) is 11.3 Å². The lowest BCUT2D eigenvalue weighted by molar-refractivity contribution is -0.385. The molecule has 28 heavy (non-hydrogen) atoms. The Balaban J connectivity index is 2.31. The van der Waals surface area contributed by atoms with Crippen LogP contribution in [0.4, 0.5) is 5.69 Å². The van der Waals surface area contributed by atoms with Crippen molar-refractivity contribution in [2.75, 3.05) is 26.2 Å². The van der Waals surface area contributed by atoms with Crippen molar-refractivity contribution < 1.29 is 29.5 Å². The molecule has 0 aromatic heterocycles. The maximum absolute atomic E-state index is 11.6. The molecule has 2 rings (SSSR count). The number of carboxylic acids is 2. The first-order valence-electron chi connectivity index (χ1n) is 9.05. The van der Waals surface area contributed by atoms with Crippen LogP contribution in [0.3, 0.4) is 0 Å². The van der Waals surface area contributed by atoms with Crippen LogP contribution in [0.1, 0.15) is 36.2 Å². The monoisotopic (exact) mass is 395 g/mol. The van der Waals surface area contributed by atoms with Crippen LogP contribution >= 0.6 is 0 Å². The molecule has 0 aliphatic carbocycles. The van der Waals surface area contributed by atoms with Crippen molar-refractivity contribution in [3.05, 3.63) is 33.4 Å². The lowest BCUT2D eigenvalue weighted by atomic mass is 10.0. The van der Waals surface area contributed by atoms with E-state index in [4.69, 9.17) is 4.74 Å². The Morgan fingerprint density at radius 3 is 2.68 bits per heavy atom. The van der Waals surface area contributed by atoms with E-state index in [1.54, 1.807) is 4.90 Å². The summed E-state index contributed by atoms with van der Waals surface area (Å²) in [4.78, 5) is 35.3. The van der Waals surface area contributed by atoms with Gasteiger partial charge in [0.05, 0.1) is 17.1 Å². The topological polar surface area (TPSA) is 142 Å². The zero-order valence-corrected chi connectivity index (χ0v) is 15.9. The number of carbonyl (C=O) groups is 2. The van der Waals surface area contributed by atoms with Crippen molar-refractivity contribution in [2.45, 2.75) is 32.9 Å². The molecular weight excluding hydrogens is 370 g/mol. The van der Waals surface area contributed by atoms with E-state index in [0.29, 0.717) is 31.0 Å². The van der Waals surface area contributed by atoms with Gasteiger partial charge in [-0.15, -0.1) is 0 Å². The zero-order valence-electron chi connectivity index (χ0n) is 15.9. The molecule has 154 valence electrons. The second-order valence-corrected chi connectivity index (χ2v) is 7.15. The molecular formula is C18H25N3O7. The summed E-state index contributed by atoms with van der Waals surface area (Å²) in [6, 6.07) is 1.65. The van der Waals surface area contributed by atoms with Crippen molar-refractivity contribution in [3.63, 3.8) is 0 Å². The average molecular weight is 395 g/mol. The molecule has 0 amide bonds. The minimum absolute atomic E-state index is 0.0237. The van der Waals surface area contributed by atoms with Crippen molar-refractivity contribution in [1.29, 1.82) is 0 Å². The minimum atomic E-state index is -1.28. The first-order chi connectivity index (χ1) is 13.2. The van der Waals surface area contributed by atoms with E-state index in [2.05, 4.69) is 5.32 Å². The molecule has 0 spiro atoms. The van der Waals surface area contributed by atoms with Gasteiger partial charge in [-0.05, 0) is 24.0 Å². The molecule has 10 heteroatoms. The van der Waals surface area contributed by atoms with Gasteiger partial charge in [0.15, 0.2) is 5.75 Å². The second-order valence-electron chi connectivity index (χ2n) is 7.15. The number of rotatable bonds is 9. The maximum atomic E-state index is 11.6. The molecule has 0 saturated carbocycles. The molecule has 1 aliphatic heterocycles. The molecule has 1 saturated heterocycles. The third-order valence-electron chi connectivity index (χ3n) is 4.52. The molecule has 1 unspecified atom stereocenters. The highest BCUT2D eigenvalue weighted by Crippen LogP contribution is 2.32. The number of piperazine rings is 1. The quantitative estimate of drug-likeness (QED) is 0.419. The van der Waals surface area contributed by atoms with Crippen LogP contribution in [0.5, 0.6) is 5.75 Å². The highest BCUT2D eigenvalue weighted by atomic mass is 16.6. The number of nitro groups is 1. The van der Waals surface area contributed by atoms with Crippen LogP contribution in [0, 0.1) is 16.0 Å². The molecule has 1 aromatic carbocycles. The Hall–Kier alpha value is -2.72. The van der Waals surface area contributed by atoms with Crippen molar-refractivity contribution in [2.24, 2.45) is 5.92 Å². The largest absolute Gasteiger partial charge is 0.487 e. The van der Waals surface area contributed by atoms with Crippen LogP contribution in [0.15, 0.2) is 12.1 Å². The summed E-state index contributed by atoms with van der Waals surface area (Å²) in [5.41, 5.74) is -0.231.